The maximum Gasteiger partial charge on any atom is 0.224 e. The maximum absolute atomic E-state index is 12.6. The molecule has 0 aliphatic carbocycles. The molecule has 8 heteroatoms. The monoisotopic (exact) mass is 400 g/mol. The van der Waals surface area contributed by atoms with Crippen molar-refractivity contribution in [3.63, 3.8) is 0 Å². The molecule has 3 rings (SSSR count). The Labute approximate surface area is 172 Å². The molecule has 1 amide bonds. The van der Waals surface area contributed by atoms with Crippen molar-refractivity contribution < 1.29 is 9.53 Å². The molecule has 0 spiro atoms. The number of aryl methyl sites for hydroxylation is 1. The van der Waals surface area contributed by atoms with Crippen LogP contribution in [0.5, 0.6) is 5.75 Å². The predicted octanol–water partition coefficient (Wildman–Crippen LogP) is 1.87. The molecule has 1 aromatic heterocycles. The van der Waals surface area contributed by atoms with Gasteiger partial charge < -0.3 is 14.5 Å². The molecule has 158 valence electrons. The van der Waals surface area contributed by atoms with Gasteiger partial charge in [0.05, 0.1) is 13.7 Å². The van der Waals surface area contributed by atoms with E-state index in [4.69, 9.17) is 4.74 Å². The molecule has 2 heterocycles. The van der Waals surface area contributed by atoms with Gasteiger partial charge in [-0.15, -0.1) is 5.10 Å². The summed E-state index contributed by atoms with van der Waals surface area (Å²) < 4.78 is 6.93. The molecule has 29 heavy (non-hydrogen) atoms. The first kappa shape index (κ1) is 21.2. The van der Waals surface area contributed by atoms with Crippen LogP contribution < -0.4 is 4.74 Å². The molecule has 8 nitrogen and oxygen atoms in total. The lowest BCUT2D eigenvalue weighted by Gasteiger charge is -2.35. The Morgan fingerprint density at radius 1 is 1.34 bits per heavy atom. The van der Waals surface area contributed by atoms with Crippen LogP contribution in [0.2, 0.25) is 0 Å². The maximum atomic E-state index is 12.6. The number of rotatable bonds is 10. The van der Waals surface area contributed by atoms with Crippen molar-refractivity contribution in [1.82, 2.24) is 30.0 Å². The summed E-state index contributed by atoms with van der Waals surface area (Å²) in [6.45, 7) is 7.40. The highest BCUT2D eigenvalue weighted by molar-refractivity contribution is 5.76. The number of carbonyl (C=O) groups excluding carboxylic acids is 1. The number of piperidine rings is 1. The minimum Gasteiger partial charge on any atom is -0.497 e. The topological polar surface area (TPSA) is 76.4 Å². The lowest BCUT2D eigenvalue weighted by molar-refractivity contribution is -0.132. The van der Waals surface area contributed by atoms with Crippen molar-refractivity contribution in [2.45, 2.75) is 39.2 Å². The lowest BCUT2D eigenvalue weighted by atomic mass is 9.96. The fraction of sp³-hybridized carbons (Fsp3) is 0.619. The second-order valence-electron chi connectivity index (χ2n) is 7.67. The van der Waals surface area contributed by atoms with Gasteiger partial charge in [0.25, 0.3) is 0 Å². The molecule has 1 aromatic carbocycles. The zero-order valence-corrected chi connectivity index (χ0v) is 17.5. The third kappa shape index (κ3) is 6.52. The van der Waals surface area contributed by atoms with Gasteiger partial charge in [-0.2, -0.15) is 0 Å². The number of tetrazole rings is 1. The number of hydrogen-bond acceptors (Lipinski definition) is 6. The van der Waals surface area contributed by atoms with E-state index in [1.807, 2.05) is 17.0 Å². The van der Waals surface area contributed by atoms with Gasteiger partial charge >= 0.3 is 0 Å². The Bertz CT molecular complexity index is 751. The molecular weight excluding hydrogens is 368 g/mol. The standard InChI is InChI=1S/C21H32N6O2/c1-3-26(21(28)10-13-27-17-22-23-24-27)16-19-7-5-11-25(15-19)12-9-18-6-4-8-20(14-18)29-2/h4,6,8,14,17,19H,3,5,7,9-13,15-16H2,1-2H3. The molecule has 1 aliphatic rings. The van der Waals surface area contributed by atoms with Gasteiger partial charge in [-0.3, -0.25) is 4.79 Å². The van der Waals surface area contributed by atoms with Gasteiger partial charge in [0.1, 0.15) is 12.1 Å². The number of benzene rings is 1. The minimum atomic E-state index is 0.177. The summed E-state index contributed by atoms with van der Waals surface area (Å²) in [5, 5.41) is 11.0. The van der Waals surface area contributed by atoms with Crippen molar-refractivity contribution in [3.8, 4) is 5.75 Å². The summed E-state index contributed by atoms with van der Waals surface area (Å²) in [4.78, 5) is 17.1. The van der Waals surface area contributed by atoms with E-state index in [-0.39, 0.29) is 5.91 Å². The van der Waals surface area contributed by atoms with Gasteiger partial charge in [0, 0.05) is 32.6 Å². The average molecular weight is 401 g/mol. The second-order valence-corrected chi connectivity index (χ2v) is 7.67. The molecule has 1 fully saturated rings. The zero-order valence-electron chi connectivity index (χ0n) is 17.5. The van der Waals surface area contributed by atoms with Crippen molar-refractivity contribution in [2.75, 3.05) is 39.8 Å². The fourth-order valence-electron chi connectivity index (χ4n) is 3.99. The summed E-state index contributed by atoms with van der Waals surface area (Å²) in [7, 11) is 1.71. The van der Waals surface area contributed by atoms with E-state index in [2.05, 4.69) is 39.5 Å². The van der Waals surface area contributed by atoms with Gasteiger partial charge in [0.15, 0.2) is 0 Å². The van der Waals surface area contributed by atoms with Gasteiger partial charge in [0.2, 0.25) is 5.91 Å². The lowest BCUT2D eigenvalue weighted by Crippen LogP contribution is -2.43. The van der Waals surface area contributed by atoms with Crippen molar-refractivity contribution in [2.24, 2.45) is 5.92 Å². The molecule has 1 aliphatic heterocycles. The first-order valence-corrected chi connectivity index (χ1v) is 10.5. The molecule has 2 aromatic rings. The van der Waals surface area contributed by atoms with Crippen molar-refractivity contribution >= 4 is 5.91 Å². The third-order valence-electron chi connectivity index (χ3n) is 5.61. The van der Waals surface area contributed by atoms with Crippen LogP contribution in [-0.2, 0) is 17.8 Å². The number of nitrogens with zero attached hydrogens (tertiary/aromatic N) is 6. The first-order valence-electron chi connectivity index (χ1n) is 10.5. The Balaban J connectivity index is 1.45. The van der Waals surface area contributed by atoms with Gasteiger partial charge in [-0.05, 0) is 66.8 Å². The molecule has 0 N–H and O–H groups in total. The first-order chi connectivity index (χ1) is 14.2. The Kier molecular flexibility index (Phi) is 7.98. The highest BCUT2D eigenvalue weighted by atomic mass is 16.5. The molecule has 1 atom stereocenters. The summed E-state index contributed by atoms with van der Waals surface area (Å²) in [5.41, 5.74) is 1.31. The number of methoxy groups -OCH3 is 1. The van der Waals surface area contributed by atoms with Crippen molar-refractivity contribution in [3.05, 3.63) is 36.2 Å². The Morgan fingerprint density at radius 2 is 2.24 bits per heavy atom. The van der Waals surface area contributed by atoms with Crippen LogP contribution in [0.15, 0.2) is 30.6 Å². The third-order valence-corrected chi connectivity index (χ3v) is 5.61. The van der Waals surface area contributed by atoms with Crippen LogP contribution in [0.25, 0.3) is 0 Å². The number of hydrogen-bond donors (Lipinski definition) is 0. The molecule has 0 bridgehead atoms. The van der Waals surface area contributed by atoms with Crippen molar-refractivity contribution in [1.29, 1.82) is 0 Å². The number of ether oxygens (including phenoxy) is 1. The largest absolute Gasteiger partial charge is 0.497 e. The summed E-state index contributed by atoms with van der Waals surface area (Å²) >= 11 is 0. The van der Waals surface area contributed by atoms with Crippen LogP contribution >= 0.6 is 0 Å². The van der Waals surface area contributed by atoms with E-state index < -0.39 is 0 Å². The minimum absolute atomic E-state index is 0.177. The fourth-order valence-corrected chi connectivity index (χ4v) is 3.99. The molecule has 0 saturated carbocycles. The quantitative estimate of drug-likeness (QED) is 0.606. The number of amides is 1. The van der Waals surface area contributed by atoms with E-state index in [1.165, 1.54) is 18.4 Å². The SMILES string of the molecule is CCN(CC1CCCN(CCc2cccc(OC)c2)C1)C(=O)CCn1cnnn1. The molecule has 1 saturated heterocycles. The van der Waals surface area contributed by atoms with E-state index in [0.29, 0.717) is 18.9 Å². The van der Waals surface area contributed by atoms with Crippen LogP contribution in [-0.4, -0.2) is 75.7 Å². The normalized spacial score (nSPS) is 17.2. The molecule has 0 radical (unpaired) electrons. The van der Waals surface area contributed by atoms with Crippen LogP contribution in [0.4, 0.5) is 0 Å². The van der Waals surface area contributed by atoms with E-state index in [9.17, 15) is 4.79 Å². The number of aromatic nitrogens is 4. The average Bonchev–Trinajstić information content (AvgIpc) is 3.28. The highest BCUT2D eigenvalue weighted by Crippen LogP contribution is 2.19. The van der Waals surface area contributed by atoms with Crippen LogP contribution in [0.1, 0.15) is 31.7 Å². The zero-order chi connectivity index (χ0) is 20.5. The predicted molar refractivity (Wildman–Crippen MR) is 111 cm³/mol. The van der Waals surface area contributed by atoms with Crippen LogP contribution in [0.3, 0.4) is 0 Å². The van der Waals surface area contributed by atoms with E-state index in [0.717, 1.165) is 44.9 Å². The number of likely N-dealkylation sites (tertiary alicyclic amines) is 1. The summed E-state index contributed by atoms with van der Waals surface area (Å²) in [6, 6.07) is 8.30. The van der Waals surface area contributed by atoms with Gasteiger partial charge in [-0.1, -0.05) is 12.1 Å². The Hall–Kier alpha value is -2.48. The van der Waals surface area contributed by atoms with Gasteiger partial charge in [-0.25, -0.2) is 4.68 Å². The summed E-state index contributed by atoms with van der Waals surface area (Å²) in [5.74, 6) is 1.63. The van der Waals surface area contributed by atoms with E-state index in [1.54, 1.807) is 18.1 Å². The smallest absolute Gasteiger partial charge is 0.224 e. The highest BCUT2D eigenvalue weighted by Gasteiger charge is 2.23. The van der Waals surface area contributed by atoms with E-state index >= 15 is 0 Å². The molecular formula is C21H32N6O2. The summed E-state index contributed by atoms with van der Waals surface area (Å²) in [6.07, 6.45) is 5.38. The van der Waals surface area contributed by atoms with Crippen LogP contribution in [0, 0.1) is 5.92 Å². The molecule has 1 unspecified atom stereocenters. The second kappa shape index (κ2) is 10.9. The number of carbonyl (C=O) groups is 1. The Morgan fingerprint density at radius 3 is 3.00 bits per heavy atom.